The van der Waals surface area contributed by atoms with E-state index in [4.69, 9.17) is 4.74 Å². The van der Waals surface area contributed by atoms with Gasteiger partial charge in [0, 0.05) is 16.5 Å². The molecule has 2 aromatic rings. The standard InChI is InChI=1S/C13H8Br2F2N2O/c14-7-3-8(16)12(17)9(4-7)20-11-5-10(15)18-13(19-11)6-1-2-6/h3-6H,1-2H2. The van der Waals surface area contributed by atoms with E-state index in [0.29, 0.717) is 20.8 Å². The molecule has 3 nitrogen and oxygen atoms in total. The molecule has 0 bridgehead atoms. The van der Waals surface area contributed by atoms with E-state index in [9.17, 15) is 8.78 Å². The van der Waals surface area contributed by atoms with E-state index in [1.807, 2.05) is 0 Å². The summed E-state index contributed by atoms with van der Waals surface area (Å²) < 4.78 is 33.3. The molecule has 0 radical (unpaired) electrons. The molecule has 0 aliphatic heterocycles. The van der Waals surface area contributed by atoms with E-state index >= 15 is 0 Å². The minimum absolute atomic E-state index is 0.185. The van der Waals surface area contributed by atoms with E-state index in [0.717, 1.165) is 18.9 Å². The zero-order valence-electron chi connectivity index (χ0n) is 10.0. The van der Waals surface area contributed by atoms with Crippen molar-refractivity contribution in [1.82, 2.24) is 9.97 Å². The number of benzene rings is 1. The lowest BCUT2D eigenvalue weighted by Gasteiger charge is -2.08. The summed E-state index contributed by atoms with van der Waals surface area (Å²) in [6, 6.07) is 3.91. The largest absolute Gasteiger partial charge is 0.436 e. The van der Waals surface area contributed by atoms with E-state index < -0.39 is 11.6 Å². The molecule has 0 N–H and O–H groups in total. The van der Waals surface area contributed by atoms with Gasteiger partial charge in [-0.2, -0.15) is 9.37 Å². The zero-order chi connectivity index (χ0) is 14.3. The molecule has 1 aliphatic carbocycles. The molecule has 0 spiro atoms. The molecular weight excluding hydrogens is 398 g/mol. The van der Waals surface area contributed by atoms with Gasteiger partial charge in [0.25, 0.3) is 0 Å². The van der Waals surface area contributed by atoms with Crippen LogP contribution in [0, 0.1) is 11.6 Å². The average Bonchev–Trinajstić information content (AvgIpc) is 3.18. The summed E-state index contributed by atoms with van der Waals surface area (Å²) in [5, 5.41) is 0. The zero-order valence-corrected chi connectivity index (χ0v) is 13.2. The van der Waals surface area contributed by atoms with Gasteiger partial charge in [-0.1, -0.05) is 15.9 Å². The Kier molecular flexibility index (Phi) is 3.72. The highest BCUT2D eigenvalue weighted by atomic mass is 79.9. The van der Waals surface area contributed by atoms with Crippen molar-refractivity contribution < 1.29 is 13.5 Å². The van der Waals surface area contributed by atoms with Crippen LogP contribution in [-0.4, -0.2) is 9.97 Å². The van der Waals surface area contributed by atoms with E-state index in [1.54, 1.807) is 0 Å². The van der Waals surface area contributed by atoms with Crippen LogP contribution in [0.2, 0.25) is 0 Å². The summed E-state index contributed by atoms with van der Waals surface area (Å²) in [7, 11) is 0. The lowest BCUT2D eigenvalue weighted by Crippen LogP contribution is -1.98. The molecule has 104 valence electrons. The van der Waals surface area contributed by atoms with Gasteiger partial charge >= 0.3 is 0 Å². The lowest BCUT2D eigenvalue weighted by molar-refractivity contribution is 0.402. The first kappa shape index (κ1) is 13.9. The van der Waals surface area contributed by atoms with Crippen LogP contribution in [0.1, 0.15) is 24.6 Å². The molecule has 3 rings (SSSR count). The van der Waals surface area contributed by atoms with Crippen LogP contribution in [0.5, 0.6) is 11.6 Å². The van der Waals surface area contributed by atoms with Crippen LogP contribution in [-0.2, 0) is 0 Å². The average molecular weight is 406 g/mol. The highest BCUT2D eigenvalue weighted by Gasteiger charge is 2.27. The van der Waals surface area contributed by atoms with E-state index in [2.05, 4.69) is 41.8 Å². The molecule has 1 heterocycles. The Bertz CT molecular complexity index is 678. The van der Waals surface area contributed by atoms with Crippen molar-refractivity contribution in [3.05, 3.63) is 44.7 Å². The van der Waals surface area contributed by atoms with Gasteiger partial charge in [-0.05, 0) is 40.9 Å². The smallest absolute Gasteiger partial charge is 0.223 e. The van der Waals surface area contributed by atoms with Gasteiger partial charge in [-0.15, -0.1) is 0 Å². The van der Waals surface area contributed by atoms with E-state index in [-0.39, 0.29) is 11.6 Å². The quantitative estimate of drug-likeness (QED) is 0.535. The van der Waals surface area contributed by atoms with Gasteiger partial charge in [-0.25, -0.2) is 9.37 Å². The maximum absolute atomic E-state index is 13.7. The van der Waals surface area contributed by atoms with Gasteiger partial charge in [0.05, 0.1) is 0 Å². The van der Waals surface area contributed by atoms with Crippen molar-refractivity contribution in [2.45, 2.75) is 18.8 Å². The molecule has 0 amide bonds. The van der Waals surface area contributed by atoms with Gasteiger partial charge in [-0.3, -0.25) is 0 Å². The SMILES string of the molecule is Fc1cc(Br)cc(Oc2cc(Br)nc(C3CC3)n2)c1F. The fourth-order valence-electron chi connectivity index (χ4n) is 1.71. The topological polar surface area (TPSA) is 35.0 Å². The van der Waals surface area contributed by atoms with Crippen molar-refractivity contribution in [2.75, 3.05) is 0 Å². The Morgan fingerprint density at radius 3 is 2.55 bits per heavy atom. The predicted octanol–water partition coefficient (Wildman–Crippen LogP) is 4.95. The Morgan fingerprint density at radius 2 is 1.85 bits per heavy atom. The van der Waals surface area contributed by atoms with Crippen molar-refractivity contribution in [1.29, 1.82) is 0 Å². The highest BCUT2D eigenvalue weighted by Crippen LogP contribution is 2.39. The molecule has 0 atom stereocenters. The molecule has 1 aliphatic rings. The van der Waals surface area contributed by atoms with Gasteiger partial charge in [0.1, 0.15) is 10.4 Å². The lowest BCUT2D eigenvalue weighted by atomic mass is 10.3. The second-order valence-corrected chi connectivity index (χ2v) is 6.19. The van der Waals surface area contributed by atoms with Crippen LogP contribution in [0.4, 0.5) is 8.78 Å². The van der Waals surface area contributed by atoms with Crippen molar-refractivity contribution >= 4 is 31.9 Å². The van der Waals surface area contributed by atoms with Crippen molar-refractivity contribution in [3.63, 3.8) is 0 Å². The summed E-state index contributed by atoms with van der Waals surface area (Å²) in [6.07, 6.45) is 2.07. The fraction of sp³-hybridized carbons (Fsp3) is 0.231. The number of aromatic nitrogens is 2. The molecule has 20 heavy (non-hydrogen) atoms. The summed E-state index contributed by atoms with van der Waals surface area (Å²) in [5.41, 5.74) is 0. The van der Waals surface area contributed by atoms with Crippen molar-refractivity contribution in [3.8, 4) is 11.6 Å². The first-order valence-corrected chi connectivity index (χ1v) is 7.48. The number of rotatable bonds is 3. The second-order valence-electron chi connectivity index (χ2n) is 4.46. The number of ether oxygens (including phenoxy) is 1. The first-order valence-electron chi connectivity index (χ1n) is 5.90. The Labute approximate surface area is 130 Å². The minimum Gasteiger partial charge on any atom is -0.436 e. The number of hydrogen-bond acceptors (Lipinski definition) is 3. The summed E-state index contributed by atoms with van der Waals surface area (Å²) in [4.78, 5) is 8.47. The molecule has 1 saturated carbocycles. The van der Waals surface area contributed by atoms with Gasteiger partial charge in [0.2, 0.25) is 11.7 Å². The maximum Gasteiger partial charge on any atom is 0.223 e. The van der Waals surface area contributed by atoms with Gasteiger partial charge < -0.3 is 4.74 Å². The Balaban J connectivity index is 1.95. The molecule has 0 unspecified atom stereocenters. The van der Waals surface area contributed by atoms with Crippen LogP contribution in [0.25, 0.3) is 0 Å². The van der Waals surface area contributed by atoms with Crippen LogP contribution in [0.15, 0.2) is 27.3 Å². The molecule has 1 aromatic carbocycles. The normalized spacial score (nSPS) is 14.4. The first-order chi connectivity index (χ1) is 9.52. The number of nitrogens with zero attached hydrogens (tertiary/aromatic N) is 2. The third-order valence-corrected chi connectivity index (χ3v) is 3.67. The third-order valence-electron chi connectivity index (χ3n) is 2.81. The monoisotopic (exact) mass is 404 g/mol. The minimum atomic E-state index is -1.05. The van der Waals surface area contributed by atoms with Crippen molar-refractivity contribution in [2.24, 2.45) is 0 Å². The molecular formula is C13H8Br2F2N2O. The maximum atomic E-state index is 13.7. The fourth-order valence-corrected chi connectivity index (χ4v) is 2.50. The van der Waals surface area contributed by atoms with Gasteiger partial charge in [0.15, 0.2) is 11.6 Å². The summed E-state index contributed by atoms with van der Waals surface area (Å²) >= 11 is 6.36. The number of hydrogen-bond donors (Lipinski definition) is 0. The molecule has 1 aromatic heterocycles. The van der Waals surface area contributed by atoms with E-state index in [1.165, 1.54) is 12.1 Å². The number of halogens is 4. The molecule has 7 heteroatoms. The van der Waals surface area contributed by atoms with Crippen LogP contribution < -0.4 is 4.74 Å². The Morgan fingerprint density at radius 1 is 1.10 bits per heavy atom. The molecule has 0 saturated heterocycles. The summed E-state index contributed by atoms with van der Waals surface area (Å²) in [6.45, 7) is 0. The van der Waals surface area contributed by atoms with Crippen LogP contribution >= 0.6 is 31.9 Å². The Hall–Kier alpha value is -1.08. The second kappa shape index (κ2) is 5.37. The third kappa shape index (κ3) is 2.98. The predicted molar refractivity (Wildman–Crippen MR) is 75.8 cm³/mol. The summed E-state index contributed by atoms with van der Waals surface area (Å²) in [5.74, 6) is -1.07. The highest BCUT2D eigenvalue weighted by molar-refractivity contribution is 9.10. The van der Waals surface area contributed by atoms with Crippen LogP contribution in [0.3, 0.4) is 0 Å². The molecule has 1 fully saturated rings.